The van der Waals surface area contributed by atoms with Crippen LogP contribution >= 0.6 is 11.3 Å². The van der Waals surface area contributed by atoms with Crippen molar-refractivity contribution in [3.63, 3.8) is 0 Å². The van der Waals surface area contributed by atoms with Crippen LogP contribution in [0.5, 0.6) is 0 Å². The fourth-order valence-corrected chi connectivity index (χ4v) is 6.23. The Morgan fingerprint density at radius 3 is 2.77 bits per heavy atom. The largest absolute Gasteiger partial charge is 0.350 e. The van der Waals surface area contributed by atoms with Crippen LogP contribution in [-0.2, 0) is 0 Å². The van der Waals surface area contributed by atoms with E-state index in [1.807, 2.05) is 48.2 Å². The van der Waals surface area contributed by atoms with E-state index in [4.69, 9.17) is 0 Å². The molecule has 2 amide bonds. The maximum atomic E-state index is 13.8. The van der Waals surface area contributed by atoms with Gasteiger partial charge in [-0.25, -0.2) is 4.98 Å². The summed E-state index contributed by atoms with van der Waals surface area (Å²) in [4.78, 5) is 38.9. The Hall–Kier alpha value is -3.58. The van der Waals surface area contributed by atoms with Gasteiger partial charge >= 0.3 is 0 Å². The summed E-state index contributed by atoms with van der Waals surface area (Å²) in [5.74, 6) is 0.330. The first kappa shape index (κ1) is 21.9. The first-order valence-electron chi connectivity index (χ1n) is 12.0. The van der Waals surface area contributed by atoms with Gasteiger partial charge in [-0.2, -0.15) is 0 Å². The minimum atomic E-state index is -0.160. The monoisotopic (exact) mass is 482 g/mol. The molecular weight excluding hydrogens is 456 g/mol. The summed E-state index contributed by atoms with van der Waals surface area (Å²) >= 11 is 1.56. The Morgan fingerprint density at radius 2 is 1.91 bits per heavy atom. The fourth-order valence-electron chi connectivity index (χ4n) is 5.33. The predicted molar refractivity (Wildman–Crippen MR) is 138 cm³/mol. The highest BCUT2D eigenvalue weighted by atomic mass is 32.1. The molecule has 35 heavy (non-hydrogen) atoms. The number of aryl methyl sites for hydroxylation is 2. The van der Waals surface area contributed by atoms with E-state index in [0.29, 0.717) is 29.2 Å². The van der Waals surface area contributed by atoms with E-state index in [-0.39, 0.29) is 23.9 Å². The number of rotatable bonds is 5. The van der Waals surface area contributed by atoms with Gasteiger partial charge in [-0.05, 0) is 50.3 Å². The summed E-state index contributed by atoms with van der Waals surface area (Å²) in [6.45, 7) is 4.42. The van der Waals surface area contributed by atoms with Crippen molar-refractivity contribution in [3.05, 3.63) is 82.6 Å². The van der Waals surface area contributed by atoms with Gasteiger partial charge in [-0.3, -0.25) is 14.6 Å². The standard InChI is InChI=1S/C28H26N4O2S/c1-16-6-3-8-19(12-16)26-25(31-17(2)35-26)28(34)32-21(13-20-14-23(20)32)15-30-27(33)22-10-4-7-18-9-5-11-29-24(18)22/h3-12,20-21,23H,13-15H2,1-2H3,(H,30,33)/t20?,21?,23-/m0/s1. The number of hydrogen-bond acceptors (Lipinski definition) is 5. The summed E-state index contributed by atoms with van der Waals surface area (Å²) < 4.78 is 0. The third-order valence-electron chi connectivity index (χ3n) is 7.04. The number of likely N-dealkylation sites (tertiary alicyclic amines) is 1. The number of carbonyl (C=O) groups excluding carboxylic acids is 2. The highest BCUT2D eigenvalue weighted by Crippen LogP contribution is 2.48. The van der Waals surface area contributed by atoms with Crippen molar-refractivity contribution < 1.29 is 9.59 Å². The summed E-state index contributed by atoms with van der Waals surface area (Å²) in [5.41, 5.74) is 3.95. The molecule has 6 nitrogen and oxygen atoms in total. The number of nitrogens with one attached hydrogen (secondary N) is 1. The minimum absolute atomic E-state index is 0.0260. The van der Waals surface area contributed by atoms with Crippen molar-refractivity contribution in [3.8, 4) is 10.4 Å². The molecule has 1 aliphatic carbocycles. The Bertz CT molecular complexity index is 1460. The quantitative estimate of drug-likeness (QED) is 0.434. The number of hydrogen-bond donors (Lipinski definition) is 1. The van der Waals surface area contributed by atoms with Crippen LogP contribution in [0.25, 0.3) is 21.3 Å². The summed E-state index contributed by atoms with van der Waals surface area (Å²) in [5, 5.41) is 4.89. The van der Waals surface area contributed by atoms with Crippen LogP contribution in [0.15, 0.2) is 60.8 Å². The molecule has 0 radical (unpaired) electrons. The van der Waals surface area contributed by atoms with Gasteiger partial charge in [-0.15, -0.1) is 11.3 Å². The third-order valence-corrected chi connectivity index (χ3v) is 8.06. The van der Waals surface area contributed by atoms with Crippen LogP contribution in [0.3, 0.4) is 0 Å². The molecule has 1 N–H and O–H groups in total. The number of pyridine rings is 1. The highest BCUT2D eigenvalue weighted by Gasteiger charge is 2.54. The number of amides is 2. The molecule has 4 aromatic rings. The average Bonchev–Trinajstić information content (AvgIpc) is 3.35. The van der Waals surface area contributed by atoms with Gasteiger partial charge in [0.2, 0.25) is 0 Å². The maximum absolute atomic E-state index is 13.8. The van der Waals surface area contributed by atoms with E-state index in [9.17, 15) is 9.59 Å². The summed E-state index contributed by atoms with van der Waals surface area (Å²) in [6, 6.07) is 17.9. The third kappa shape index (κ3) is 4.00. The average molecular weight is 483 g/mol. The van der Waals surface area contributed by atoms with E-state index >= 15 is 0 Å². The number of para-hydroxylation sites is 1. The van der Waals surface area contributed by atoms with E-state index < -0.39 is 0 Å². The molecule has 2 unspecified atom stereocenters. The lowest BCUT2D eigenvalue weighted by Crippen LogP contribution is -2.45. The van der Waals surface area contributed by atoms with Gasteiger partial charge in [0.25, 0.3) is 11.8 Å². The number of carbonyl (C=O) groups is 2. The first-order chi connectivity index (χ1) is 17.0. The molecule has 2 aromatic heterocycles. The van der Waals surface area contributed by atoms with Gasteiger partial charge in [0.15, 0.2) is 0 Å². The molecule has 3 atom stereocenters. The van der Waals surface area contributed by atoms with Crippen LogP contribution in [0.4, 0.5) is 0 Å². The molecule has 0 bridgehead atoms. The van der Waals surface area contributed by atoms with Gasteiger partial charge in [-0.1, -0.05) is 48.0 Å². The summed E-state index contributed by atoms with van der Waals surface area (Å²) in [7, 11) is 0. The topological polar surface area (TPSA) is 75.2 Å². The fraction of sp³-hybridized carbons (Fsp3) is 0.286. The van der Waals surface area contributed by atoms with Crippen LogP contribution in [0, 0.1) is 19.8 Å². The zero-order valence-corrected chi connectivity index (χ0v) is 20.5. The Morgan fingerprint density at radius 1 is 1.09 bits per heavy atom. The van der Waals surface area contributed by atoms with Gasteiger partial charge in [0.1, 0.15) is 5.69 Å². The van der Waals surface area contributed by atoms with Crippen molar-refractivity contribution in [2.24, 2.45) is 5.92 Å². The zero-order valence-electron chi connectivity index (χ0n) is 19.7. The molecule has 1 aliphatic heterocycles. The Labute approximate surface area is 208 Å². The molecule has 7 heteroatoms. The lowest BCUT2D eigenvalue weighted by molar-refractivity contribution is 0.0684. The van der Waals surface area contributed by atoms with Crippen molar-refractivity contribution in [2.45, 2.75) is 38.8 Å². The van der Waals surface area contributed by atoms with Gasteiger partial charge < -0.3 is 10.2 Å². The SMILES string of the molecule is Cc1cccc(-c2sc(C)nc2C(=O)N2C(CNC(=O)c3cccc4cccnc34)CC3C[C@@H]32)c1. The van der Waals surface area contributed by atoms with Crippen molar-refractivity contribution in [2.75, 3.05) is 6.54 Å². The Balaban J connectivity index is 1.23. The predicted octanol–water partition coefficient (Wildman–Crippen LogP) is 5.01. The van der Waals surface area contributed by atoms with Crippen LogP contribution in [0.1, 0.15) is 44.3 Å². The number of aromatic nitrogens is 2. The van der Waals surface area contributed by atoms with Crippen LogP contribution in [0.2, 0.25) is 0 Å². The van der Waals surface area contributed by atoms with E-state index in [1.165, 1.54) is 0 Å². The van der Waals surface area contributed by atoms with Gasteiger partial charge in [0, 0.05) is 24.2 Å². The molecule has 2 aliphatic rings. The zero-order chi connectivity index (χ0) is 24.1. The molecule has 3 heterocycles. The van der Waals surface area contributed by atoms with Crippen molar-refractivity contribution in [1.29, 1.82) is 0 Å². The van der Waals surface area contributed by atoms with E-state index in [1.54, 1.807) is 23.6 Å². The normalized spacial score (nSPS) is 20.6. The molecule has 2 aromatic carbocycles. The molecule has 1 saturated carbocycles. The second-order valence-corrected chi connectivity index (χ2v) is 10.7. The number of piperidine rings is 1. The van der Waals surface area contributed by atoms with E-state index in [0.717, 1.165) is 39.2 Å². The maximum Gasteiger partial charge on any atom is 0.274 e. The molecule has 2 fully saturated rings. The summed E-state index contributed by atoms with van der Waals surface area (Å²) in [6.07, 6.45) is 3.64. The molecule has 0 spiro atoms. The van der Waals surface area contributed by atoms with Crippen molar-refractivity contribution >= 4 is 34.1 Å². The van der Waals surface area contributed by atoms with Crippen molar-refractivity contribution in [1.82, 2.24) is 20.2 Å². The molecule has 6 rings (SSSR count). The van der Waals surface area contributed by atoms with Gasteiger partial charge in [0.05, 0.1) is 27.0 Å². The smallest absolute Gasteiger partial charge is 0.274 e. The highest BCUT2D eigenvalue weighted by molar-refractivity contribution is 7.15. The molecule has 1 saturated heterocycles. The number of fused-ring (bicyclic) bond motifs is 2. The lowest BCUT2D eigenvalue weighted by atomic mass is 10.1. The van der Waals surface area contributed by atoms with Crippen LogP contribution < -0.4 is 5.32 Å². The minimum Gasteiger partial charge on any atom is -0.350 e. The Kier molecular flexibility index (Phi) is 5.37. The van der Waals surface area contributed by atoms with E-state index in [2.05, 4.69) is 34.3 Å². The number of thiazole rings is 1. The molecule has 176 valence electrons. The molecular formula is C28H26N4O2S. The lowest BCUT2D eigenvalue weighted by Gasteiger charge is -2.27. The number of benzene rings is 2. The van der Waals surface area contributed by atoms with Crippen LogP contribution in [-0.4, -0.2) is 45.3 Å². The number of nitrogens with zero attached hydrogens (tertiary/aromatic N) is 3. The first-order valence-corrected chi connectivity index (χ1v) is 12.8. The second kappa shape index (κ2) is 8.57. The second-order valence-electron chi connectivity index (χ2n) is 9.54.